The van der Waals surface area contributed by atoms with Crippen LogP contribution in [0.5, 0.6) is 0 Å². The van der Waals surface area contributed by atoms with E-state index in [1.807, 2.05) is 0 Å². The molecule has 2 rings (SSSR count). The van der Waals surface area contributed by atoms with Crippen LogP contribution < -0.4 is 0 Å². The SMILES string of the molecule is O=S1(=O)CC(Cl)C(N=Cc2ccoc2)C1. The van der Waals surface area contributed by atoms with E-state index in [1.165, 1.54) is 12.5 Å². The quantitative estimate of drug-likeness (QED) is 0.581. The van der Waals surface area contributed by atoms with Gasteiger partial charge >= 0.3 is 0 Å². The van der Waals surface area contributed by atoms with Gasteiger partial charge in [-0.3, -0.25) is 4.99 Å². The number of rotatable bonds is 2. The van der Waals surface area contributed by atoms with E-state index >= 15 is 0 Å². The van der Waals surface area contributed by atoms with Crippen molar-refractivity contribution < 1.29 is 12.8 Å². The van der Waals surface area contributed by atoms with Gasteiger partial charge in [0, 0.05) is 11.8 Å². The normalized spacial score (nSPS) is 29.9. The lowest BCUT2D eigenvalue weighted by Gasteiger charge is -2.03. The van der Waals surface area contributed by atoms with Gasteiger partial charge in [0.15, 0.2) is 9.84 Å². The Bertz CT molecular complexity index is 452. The van der Waals surface area contributed by atoms with Crippen LogP contribution in [0.2, 0.25) is 0 Å². The molecule has 82 valence electrons. The Hall–Kier alpha value is -0.810. The monoisotopic (exact) mass is 247 g/mol. The Kier molecular flexibility index (Phi) is 2.84. The maximum Gasteiger partial charge on any atom is 0.153 e. The number of hydrogen-bond acceptors (Lipinski definition) is 4. The van der Waals surface area contributed by atoms with E-state index < -0.39 is 15.2 Å². The van der Waals surface area contributed by atoms with Crippen molar-refractivity contribution in [2.75, 3.05) is 11.5 Å². The van der Waals surface area contributed by atoms with Gasteiger partial charge in [0.1, 0.15) is 0 Å². The van der Waals surface area contributed by atoms with E-state index in [2.05, 4.69) is 4.99 Å². The minimum absolute atomic E-state index is 0.0158. The molecule has 1 aliphatic heterocycles. The zero-order valence-corrected chi connectivity index (χ0v) is 9.41. The van der Waals surface area contributed by atoms with Gasteiger partial charge in [-0.15, -0.1) is 11.6 Å². The molecule has 2 atom stereocenters. The molecule has 0 bridgehead atoms. The molecule has 6 heteroatoms. The largest absolute Gasteiger partial charge is 0.472 e. The smallest absolute Gasteiger partial charge is 0.153 e. The molecular weight excluding hydrogens is 238 g/mol. The van der Waals surface area contributed by atoms with Crippen LogP contribution in [0.15, 0.2) is 28.0 Å². The minimum atomic E-state index is -3.00. The summed E-state index contributed by atoms with van der Waals surface area (Å²) in [6, 6.07) is 1.41. The van der Waals surface area contributed by atoms with E-state index in [0.717, 1.165) is 5.56 Å². The molecule has 4 nitrogen and oxygen atoms in total. The Morgan fingerprint density at radius 3 is 2.87 bits per heavy atom. The van der Waals surface area contributed by atoms with Crippen molar-refractivity contribution in [3.8, 4) is 0 Å². The fraction of sp³-hybridized carbons (Fsp3) is 0.444. The first-order valence-corrected chi connectivity index (χ1v) is 6.72. The molecule has 0 amide bonds. The molecule has 0 aliphatic carbocycles. The average molecular weight is 248 g/mol. The summed E-state index contributed by atoms with van der Waals surface area (Å²) in [7, 11) is -3.00. The van der Waals surface area contributed by atoms with Crippen LogP contribution in [0.3, 0.4) is 0 Å². The highest BCUT2D eigenvalue weighted by Gasteiger charge is 2.35. The molecular formula is C9H10ClNO3S. The lowest BCUT2D eigenvalue weighted by Crippen LogP contribution is -2.15. The summed E-state index contributed by atoms with van der Waals surface area (Å²) >= 11 is 5.89. The highest BCUT2D eigenvalue weighted by Crippen LogP contribution is 2.20. The predicted octanol–water partition coefficient (Wildman–Crippen LogP) is 1.10. The van der Waals surface area contributed by atoms with Crippen molar-refractivity contribution in [1.82, 2.24) is 0 Å². The first-order valence-electron chi connectivity index (χ1n) is 4.47. The summed E-state index contributed by atoms with van der Waals surface area (Å²) in [5.74, 6) is 0.0530. The Labute approximate surface area is 92.9 Å². The summed E-state index contributed by atoms with van der Waals surface area (Å²) in [4.78, 5) is 4.15. The van der Waals surface area contributed by atoms with Crippen molar-refractivity contribution in [3.63, 3.8) is 0 Å². The number of halogens is 1. The van der Waals surface area contributed by atoms with Gasteiger partial charge in [-0.25, -0.2) is 8.42 Å². The molecule has 2 heterocycles. The molecule has 0 radical (unpaired) electrons. The van der Waals surface area contributed by atoms with Crippen molar-refractivity contribution in [2.24, 2.45) is 4.99 Å². The van der Waals surface area contributed by atoms with Crippen molar-refractivity contribution >= 4 is 27.7 Å². The Balaban J connectivity index is 2.08. The standard InChI is InChI=1S/C9H10ClNO3S/c10-8-5-15(12,13)6-9(8)11-3-7-1-2-14-4-7/h1-4,8-9H,5-6H2. The molecule has 1 aromatic heterocycles. The second kappa shape index (κ2) is 3.98. The zero-order valence-electron chi connectivity index (χ0n) is 7.84. The van der Waals surface area contributed by atoms with Crippen LogP contribution in [-0.2, 0) is 9.84 Å². The first kappa shape index (κ1) is 10.7. The molecule has 1 fully saturated rings. The van der Waals surface area contributed by atoms with Crippen LogP contribution in [0.1, 0.15) is 5.56 Å². The van der Waals surface area contributed by atoms with Crippen LogP contribution in [0.25, 0.3) is 0 Å². The van der Waals surface area contributed by atoms with E-state index in [0.29, 0.717) is 0 Å². The number of nitrogens with zero attached hydrogens (tertiary/aromatic N) is 1. The van der Waals surface area contributed by atoms with Gasteiger partial charge in [0.25, 0.3) is 0 Å². The average Bonchev–Trinajstić information content (AvgIpc) is 2.70. The van der Waals surface area contributed by atoms with Crippen LogP contribution in [0, 0.1) is 0 Å². The second-order valence-electron chi connectivity index (χ2n) is 3.50. The first-order chi connectivity index (χ1) is 7.07. The molecule has 0 spiro atoms. The summed E-state index contributed by atoms with van der Waals surface area (Å²) < 4.78 is 27.3. The minimum Gasteiger partial charge on any atom is -0.472 e. The van der Waals surface area contributed by atoms with Crippen LogP contribution in [0.4, 0.5) is 0 Å². The van der Waals surface area contributed by atoms with Gasteiger partial charge in [-0.05, 0) is 6.07 Å². The number of sulfone groups is 1. The molecule has 2 unspecified atom stereocenters. The molecule has 0 aromatic carbocycles. The third kappa shape index (κ3) is 2.60. The van der Waals surface area contributed by atoms with E-state index in [4.69, 9.17) is 16.0 Å². The number of hydrogen-bond donors (Lipinski definition) is 0. The van der Waals surface area contributed by atoms with E-state index in [1.54, 1.807) is 12.3 Å². The molecule has 1 aromatic rings. The van der Waals surface area contributed by atoms with Crippen molar-refractivity contribution in [1.29, 1.82) is 0 Å². The highest BCUT2D eigenvalue weighted by atomic mass is 35.5. The lowest BCUT2D eigenvalue weighted by atomic mass is 10.2. The van der Waals surface area contributed by atoms with Crippen LogP contribution >= 0.6 is 11.6 Å². The number of alkyl halides is 1. The third-order valence-corrected chi connectivity index (χ3v) is 4.56. The molecule has 1 aliphatic rings. The van der Waals surface area contributed by atoms with Gasteiger partial charge in [0.05, 0.1) is 35.5 Å². The lowest BCUT2D eigenvalue weighted by molar-refractivity contribution is 0.567. The maximum absolute atomic E-state index is 11.2. The van der Waals surface area contributed by atoms with Gasteiger partial charge in [-0.1, -0.05) is 0 Å². The van der Waals surface area contributed by atoms with Crippen molar-refractivity contribution in [3.05, 3.63) is 24.2 Å². The van der Waals surface area contributed by atoms with Gasteiger partial charge < -0.3 is 4.42 Å². The summed E-state index contributed by atoms with van der Waals surface area (Å²) in [5, 5.41) is -0.418. The fourth-order valence-electron chi connectivity index (χ4n) is 1.45. The third-order valence-electron chi connectivity index (χ3n) is 2.21. The Morgan fingerprint density at radius 1 is 1.53 bits per heavy atom. The zero-order chi connectivity index (χ0) is 10.9. The fourth-order valence-corrected chi connectivity index (χ4v) is 3.97. The molecule has 15 heavy (non-hydrogen) atoms. The van der Waals surface area contributed by atoms with Crippen molar-refractivity contribution in [2.45, 2.75) is 11.4 Å². The topological polar surface area (TPSA) is 59.6 Å². The van der Waals surface area contributed by atoms with E-state index in [-0.39, 0.29) is 17.5 Å². The number of furan rings is 1. The summed E-state index contributed by atoms with van der Waals surface area (Å²) in [5.41, 5.74) is 0.808. The highest BCUT2D eigenvalue weighted by molar-refractivity contribution is 7.91. The molecule has 0 N–H and O–H groups in total. The maximum atomic E-state index is 11.2. The molecule has 0 saturated carbocycles. The van der Waals surface area contributed by atoms with Gasteiger partial charge in [-0.2, -0.15) is 0 Å². The van der Waals surface area contributed by atoms with Gasteiger partial charge in [0.2, 0.25) is 0 Å². The predicted molar refractivity (Wildman–Crippen MR) is 58.4 cm³/mol. The van der Waals surface area contributed by atoms with E-state index in [9.17, 15) is 8.42 Å². The summed E-state index contributed by atoms with van der Waals surface area (Å²) in [6.45, 7) is 0. The number of aliphatic imine (C=N–C) groups is 1. The second-order valence-corrected chi connectivity index (χ2v) is 6.21. The Morgan fingerprint density at radius 2 is 2.33 bits per heavy atom. The summed E-state index contributed by atoms with van der Waals surface area (Å²) in [6.07, 6.45) is 4.66. The van der Waals surface area contributed by atoms with Crippen LogP contribution in [-0.4, -0.2) is 37.6 Å². The molecule has 1 saturated heterocycles.